The van der Waals surface area contributed by atoms with Crippen molar-refractivity contribution in [3.8, 4) is 0 Å². The summed E-state index contributed by atoms with van der Waals surface area (Å²) in [6.07, 6.45) is 5.57. The van der Waals surface area contributed by atoms with E-state index >= 15 is 0 Å². The van der Waals surface area contributed by atoms with E-state index in [1.165, 1.54) is 25.7 Å². The van der Waals surface area contributed by atoms with E-state index in [0.717, 1.165) is 13.2 Å². The van der Waals surface area contributed by atoms with Gasteiger partial charge in [-0.2, -0.15) is 0 Å². The molecule has 0 aromatic heterocycles. The van der Waals surface area contributed by atoms with Crippen LogP contribution in [-0.4, -0.2) is 25.3 Å². The van der Waals surface area contributed by atoms with Crippen LogP contribution in [-0.2, 0) is 4.74 Å². The summed E-state index contributed by atoms with van der Waals surface area (Å²) >= 11 is 0. The maximum Gasteiger partial charge on any atom is 0.0727 e. The Bertz CT molecular complexity index is 116. The zero-order valence-corrected chi connectivity index (χ0v) is 8.31. The quantitative estimate of drug-likeness (QED) is 0.682. The SMILES string of the molecule is CCCNC1CCCC1OCC. The van der Waals surface area contributed by atoms with Crippen LogP contribution in [0, 0.1) is 0 Å². The van der Waals surface area contributed by atoms with Crippen LogP contribution in [0.4, 0.5) is 0 Å². The molecule has 0 bridgehead atoms. The van der Waals surface area contributed by atoms with Gasteiger partial charge in [0.15, 0.2) is 0 Å². The zero-order valence-electron chi connectivity index (χ0n) is 8.31. The Morgan fingerprint density at radius 2 is 2.17 bits per heavy atom. The molecule has 1 N–H and O–H groups in total. The maximum atomic E-state index is 5.65. The van der Waals surface area contributed by atoms with Gasteiger partial charge in [-0.25, -0.2) is 0 Å². The van der Waals surface area contributed by atoms with Gasteiger partial charge in [0.25, 0.3) is 0 Å². The van der Waals surface area contributed by atoms with Gasteiger partial charge in [0.1, 0.15) is 0 Å². The molecule has 1 aliphatic rings. The lowest BCUT2D eigenvalue weighted by molar-refractivity contribution is 0.0490. The summed E-state index contributed by atoms with van der Waals surface area (Å²) in [5.41, 5.74) is 0. The molecule has 1 saturated carbocycles. The average molecular weight is 171 g/mol. The molecule has 0 heterocycles. The minimum Gasteiger partial charge on any atom is -0.377 e. The van der Waals surface area contributed by atoms with E-state index < -0.39 is 0 Å². The first-order valence-corrected chi connectivity index (χ1v) is 5.23. The lowest BCUT2D eigenvalue weighted by atomic mass is 10.2. The van der Waals surface area contributed by atoms with Gasteiger partial charge in [0.2, 0.25) is 0 Å². The van der Waals surface area contributed by atoms with Crippen LogP contribution in [0.5, 0.6) is 0 Å². The largest absolute Gasteiger partial charge is 0.377 e. The molecule has 2 unspecified atom stereocenters. The molecule has 2 heteroatoms. The van der Waals surface area contributed by atoms with E-state index in [0.29, 0.717) is 12.1 Å². The predicted molar refractivity (Wildman–Crippen MR) is 51.3 cm³/mol. The highest BCUT2D eigenvalue weighted by atomic mass is 16.5. The summed E-state index contributed by atoms with van der Waals surface area (Å²) in [6.45, 7) is 6.27. The van der Waals surface area contributed by atoms with E-state index in [2.05, 4.69) is 19.2 Å². The summed E-state index contributed by atoms with van der Waals surface area (Å²) in [5.74, 6) is 0. The molecule has 0 aliphatic heterocycles. The van der Waals surface area contributed by atoms with Gasteiger partial charge in [-0.15, -0.1) is 0 Å². The van der Waals surface area contributed by atoms with E-state index in [1.807, 2.05) is 0 Å². The summed E-state index contributed by atoms with van der Waals surface area (Å²) in [6, 6.07) is 0.630. The van der Waals surface area contributed by atoms with Crippen LogP contribution in [0.2, 0.25) is 0 Å². The van der Waals surface area contributed by atoms with Gasteiger partial charge in [-0.3, -0.25) is 0 Å². The molecule has 72 valence electrons. The fourth-order valence-electron chi connectivity index (χ4n) is 1.90. The molecule has 0 aromatic rings. The molecule has 0 aromatic carbocycles. The molecule has 2 nitrogen and oxygen atoms in total. The molecule has 0 radical (unpaired) electrons. The molecule has 2 atom stereocenters. The van der Waals surface area contributed by atoms with E-state index in [1.54, 1.807) is 0 Å². The predicted octanol–water partition coefficient (Wildman–Crippen LogP) is 1.94. The molecule has 1 fully saturated rings. The highest BCUT2D eigenvalue weighted by molar-refractivity contribution is 4.83. The van der Waals surface area contributed by atoms with E-state index in [4.69, 9.17) is 4.74 Å². The third-order valence-corrected chi connectivity index (χ3v) is 2.49. The Morgan fingerprint density at radius 3 is 2.83 bits per heavy atom. The molecule has 0 saturated heterocycles. The van der Waals surface area contributed by atoms with Crippen LogP contribution < -0.4 is 5.32 Å². The Balaban J connectivity index is 2.20. The second kappa shape index (κ2) is 5.55. The van der Waals surface area contributed by atoms with Crippen molar-refractivity contribution in [1.29, 1.82) is 0 Å². The smallest absolute Gasteiger partial charge is 0.0727 e. The van der Waals surface area contributed by atoms with E-state index in [-0.39, 0.29) is 0 Å². The van der Waals surface area contributed by atoms with Gasteiger partial charge in [0, 0.05) is 12.6 Å². The van der Waals surface area contributed by atoms with Gasteiger partial charge in [-0.1, -0.05) is 6.92 Å². The van der Waals surface area contributed by atoms with Gasteiger partial charge in [0.05, 0.1) is 6.10 Å². The number of hydrogen-bond acceptors (Lipinski definition) is 2. The van der Waals surface area contributed by atoms with Crippen LogP contribution in [0.3, 0.4) is 0 Å². The number of ether oxygens (including phenoxy) is 1. The lowest BCUT2D eigenvalue weighted by Gasteiger charge is -2.20. The fourth-order valence-corrected chi connectivity index (χ4v) is 1.90. The minimum atomic E-state index is 0.488. The molecular weight excluding hydrogens is 150 g/mol. The Hall–Kier alpha value is -0.0800. The summed E-state index contributed by atoms with van der Waals surface area (Å²) < 4.78 is 5.65. The molecule has 1 aliphatic carbocycles. The summed E-state index contributed by atoms with van der Waals surface area (Å²) in [5, 5.41) is 3.54. The standard InChI is InChI=1S/C10H21NO/c1-3-8-11-9-6-5-7-10(9)12-4-2/h9-11H,3-8H2,1-2H3. The Kier molecular flexibility index (Phi) is 4.62. The van der Waals surface area contributed by atoms with Crippen LogP contribution >= 0.6 is 0 Å². The Labute approximate surface area is 75.7 Å². The van der Waals surface area contributed by atoms with Crippen molar-refractivity contribution in [2.45, 2.75) is 51.7 Å². The van der Waals surface area contributed by atoms with Crippen LogP contribution in [0.25, 0.3) is 0 Å². The maximum absolute atomic E-state index is 5.65. The van der Waals surface area contributed by atoms with Crippen molar-refractivity contribution >= 4 is 0 Å². The van der Waals surface area contributed by atoms with Crippen molar-refractivity contribution in [3.05, 3.63) is 0 Å². The number of nitrogens with one attached hydrogen (secondary N) is 1. The third-order valence-electron chi connectivity index (χ3n) is 2.49. The number of rotatable bonds is 5. The van der Waals surface area contributed by atoms with Crippen molar-refractivity contribution in [1.82, 2.24) is 5.32 Å². The van der Waals surface area contributed by atoms with Crippen molar-refractivity contribution < 1.29 is 4.74 Å². The first-order valence-electron chi connectivity index (χ1n) is 5.23. The highest BCUT2D eigenvalue weighted by Crippen LogP contribution is 2.21. The third kappa shape index (κ3) is 2.76. The molecule has 0 amide bonds. The van der Waals surface area contributed by atoms with Gasteiger partial charge in [-0.05, 0) is 39.2 Å². The minimum absolute atomic E-state index is 0.488. The molecule has 0 spiro atoms. The summed E-state index contributed by atoms with van der Waals surface area (Å²) in [4.78, 5) is 0. The average Bonchev–Trinajstić information content (AvgIpc) is 2.50. The second-order valence-electron chi connectivity index (χ2n) is 3.49. The Morgan fingerprint density at radius 1 is 1.33 bits per heavy atom. The monoisotopic (exact) mass is 171 g/mol. The van der Waals surface area contributed by atoms with Crippen molar-refractivity contribution in [2.24, 2.45) is 0 Å². The van der Waals surface area contributed by atoms with Crippen molar-refractivity contribution in [3.63, 3.8) is 0 Å². The highest BCUT2D eigenvalue weighted by Gasteiger charge is 2.26. The topological polar surface area (TPSA) is 21.3 Å². The fraction of sp³-hybridized carbons (Fsp3) is 1.00. The summed E-state index contributed by atoms with van der Waals surface area (Å²) in [7, 11) is 0. The number of hydrogen-bond donors (Lipinski definition) is 1. The van der Waals surface area contributed by atoms with Gasteiger partial charge >= 0.3 is 0 Å². The first-order chi connectivity index (χ1) is 5.88. The van der Waals surface area contributed by atoms with Gasteiger partial charge < -0.3 is 10.1 Å². The lowest BCUT2D eigenvalue weighted by Crippen LogP contribution is -2.37. The molecular formula is C10H21NO. The first kappa shape index (κ1) is 10.0. The van der Waals surface area contributed by atoms with Crippen LogP contribution in [0.15, 0.2) is 0 Å². The van der Waals surface area contributed by atoms with Crippen LogP contribution in [0.1, 0.15) is 39.5 Å². The zero-order chi connectivity index (χ0) is 8.81. The van der Waals surface area contributed by atoms with E-state index in [9.17, 15) is 0 Å². The normalized spacial score (nSPS) is 29.5. The van der Waals surface area contributed by atoms with Crippen molar-refractivity contribution in [2.75, 3.05) is 13.2 Å². The molecule has 1 rings (SSSR count). The second-order valence-corrected chi connectivity index (χ2v) is 3.49. The molecule has 12 heavy (non-hydrogen) atoms.